The molecule has 0 amide bonds. The third-order valence-electron chi connectivity index (χ3n) is 5.78. The molecule has 0 aliphatic carbocycles. The predicted molar refractivity (Wildman–Crippen MR) is 137 cm³/mol. The smallest absolute Gasteiger partial charge is 0.237 e. The number of nitrogens with zero attached hydrogens (tertiary/aromatic N) is 1. The van der Waals surface area contributed by atoms with Crippen molar-refractivity contribution in [1.82, 2.24) is 10.6 Å². The largest absolute Gasteiger partial charge is 0.496 e. The number of ether oxygens (including phenoxy) is 1. The van der Waals surface area contributed by atoms with Gasteiger partial charge in [-0.05, 0) is 57.0 Å². The van der Waals surface area contributed by atoms with Crippen LogP contribution in [-0.2, 0) is 16.6 Å². The van der Waals surface area contributed by atoms with Crippen LogP contribution in [0.2, 0.25) is 0 Å². The minimum atomic E-state index is -3.38. The lowest BCUT2D eigenvalue weighted by Gasteiger charge is -2.34. The highest BCUT2D eigenvalue weighted by Gasteiger charge is 2.26. The summed E-state index contributed by atoms with van der Waals surface area (Å²) in [5.41, 5.74) is 2.86. The number of nitrogens with one attached hydrogen (secondary N) is 2. The Morgan fingerprint density at radius 3 is 2.47 bits per heavy atom. The molecule has 9 heteroatoms. The standard InChI is InChI=1S/C23H33N3O3S.2ClH/c1-17(2)30(27,28)26(3)20-12-13-22(29-4)19(15-20)16-25-21-11-8-14-24-23(21)18-9-6-5-7-10-18;;/h5-7,9-10,12-13,15,17,21,23-25H,8,11,14,16H2,1-4H3;2*1H/t21-,23-;;/m1../s1. The molecule has 0 aromatic heterocycles. The van der Waals surface area contributed by atoms with Gasteiger partial charge in [0.15, 0.2) is 0 Å². The van der Waals surface area contributed by atoms with Crippen LogP contribution in [0, 0.1) is 0 Å². The monoisotopic (exact) mass is 503 g/mol. The van der Waals surface area contributed by atoms with Crippen LogP contribution in [0.15, 0.2) is 48.5 Å². The zero-order chi connectivity index (χ0) is 21.7. The van der Waals surface area contributed by atoms with E-state index in [0.29, 0.717) is 12.2 Å². The Morgan fingerprint density at radius 1 is 1.16 bits per heavy atom. The molecule has 180 valence electrons. The van der Waals surface area contributed by atoms with Gasteiger partial charge >= 0.3 is 0 Å². The second-order valence-electron chi connectivity index (χ2n) is 8.03. The Kier molecular flexibility index (Phi) is 11.3. The molecule has 1 aliphatic rings. The van der Waals surface area contributed by atoms with Crippen LogP contribution >= 0.6 is 24.8 Å². The summed E-state index contributed by atoms with van der Waals surface area (Å²) in [6.07, 6.45) is 2.20. The van der Waals surface area contributed by atoms with Gasteiger partial charge < -0.3 is 15.4 Å². The molecule has 1 saturated heterocycles. The first-order valence-corrected chi connectivity index (χ1v) is 12.0. The van der Waals surface area contributed by atoms with E-state index in [2.05, 4.69) is 34.9 Å². The van der Waals surface area contributed by atoms with Gasteiger partial charge in [0, 0.05) is 31.2 Å². The van der Waals surface area contributed by atoms with Crippen molar-refractivity contribution in [3.63, 3.8) is 0 Å². The zero-order valence-corrected chi connectivity index (χ0v) is 21.5. The van der Waals surface area contributed by atoms with Crippen LogP contribution in [0.5, 0.6) is 5.75 Å². The first kappa shape index (κ1) is 28.5. The fourth-order valence-electron chi connectivity index (χ4n) is 3.92. The number of rotatable bonds is 8. The van der Waals surface area contributed by atoms with E-state index in [1.807, 2.05) is 18.2 Å². The molecule has 32 heavy (non-hydrogen) atoms. The lowest BCUT2D eigenvalue weighted by molar-refractivity contribution is 0.303. The van der Waals surface area contributed by atoms with Gasteiger partial charge in [-0.2, -0.15) is 0 Å². The quantitative estimate of drug-likeness (QED) is 0.561. The average Bonchev–Trinajstić information content (AvgIpc) is 2.77. The Balaban J connectivity index is 0.00000256. The van der Waals surface area contributed by atoms with E-state index in [-0.39, 0.29) is 36.9 Å². The highest BCUT2D eigenvalue weighted by Crippen LogP contribution is 2.28. The molecule has 0 spiro atoms. The molecule has 1 aliphatic heterocycles. The summed E-state index contributed by atoms with van der Waals surface area (Å²) in [6.45, 7) is 4.99. The molecule has 1 fully saturated rings. The van der Waals surface area contributed by atoms with Crippen molar-refractivity contribution in [1.29, 1.82) is 0 Å². The molecule has 0 bridgehead atoms. The van der Waals surface area contributed by atoms with Crippen molar-refractivity contribution in [3.8, 4) is 5.75 Å². The molecular weight excluding hydrogens is 469 g/mol. The van der Waals surface area contributed by atoms with E-state index >= 15 is 0 Å². The van der Waals surface area contributed by atoms with Crippen LogP contribution < -0.4 is 19.7 Å². The summed E-state index contributed by atoms with van der Waals surface area (Å²) in [4.78, 5) is 0. The van der Waals surface area contributed by atoms with E-state index in [1.54, 1.807) is 34.1 Å². The number of sulfonamides is 1. The summed E-state index contributed by atoms with van der Waals surface area (Å²) in [5.74, 6) is 0.752. The minimum Gasteiger partial charge on any atom is -0.496 e. The van der Waals surface area contributed by atoms with Gasteiger partial charge in [-0.1, -0.05) is 30.3 Å². The second-order valence-corrected chi connectivity index (χ2v) is 10.5. The van der Waals surface area contributed by atoms with Crippen LogP contribution in [0.4, 0.5) is 5.69 Å². The Morgan fingerprint density at radius 2 is 1.84 bits per heavy atom. The van der Waals surface area contributed by atoms with Crippen molar-refractivity contribution in [2.45, 2.75) is 50.6 Å². The lowest BCUT2D eigenvalue weighted by Crippen LogP contribution is -2.45. The van der Waals surface area contributed by atoms with Crippen molar-refractivity contribution < 1.29 is 13.2 Å². The number of hydrogen-bond donors (Lipinski definition) is 2. The maximum atomic E-state index is 12.6. The normalized spacial score (nSPS) is 18.4. The SMILES string of the molecule is COc1ccc(N(C)S(=O)(=O)C(C)C)cc1CN[C@@H]1CCCN[C@@H]1c1ccccc1.Cl.Cl. The predicted octanol–water partition coefficient (Wildman–Crippen LogP) is 4.30. The zero-order valence-electron chi connectivity index (χ0n) is 19.1. The van der Waals surface area contributed by atoms with E-state index in [1.165, 1.54) is 9.87 Å². The third-order valence-corrected chi connectivity index (χ3v) is 7.94. The summed E-state index contributed by atoms with van der Waals surface area (Å²) >= 11 is 0. The number of anilines is 1. The maximum absolute atomic E-state index is 12.6. The highest BCUT2D eigenvalue weighted by atomic mass is 35.5. The van der Waals surface area contributed by atoms with Crippen LogP contribution in [-0.4, -0.2) is 40.4 Å². The van der Waals surface area contributed by atoms with E-state index in [4.69, 9.17) is 4.74 Å². The second kappa shape index (κ2) is 12.7. The van der Waals surface area contributed by atoms with Crippen molar-refractivity contribution >= 4 is 40.5 Å². The Labute approximate surface area is 205 Å². The van der Waals surface area contributed by atoms with E-state index in [0.717, 1.165) is 30.7 Å². The number of piperidine rings is 1. The molecule has 0 unspecified atom stereocenters. The number of methoxy groups -OCH3 is 1. The van der Waals surface area contributed by atoms with Gasteiger partial charge in [0.05, 0.1) is 18.0 Å². The van der Waals surface area contributed by atoms with Gasteiger partial charge in [0.25, 0.3) is 0 Å². The van der Waals surface area contributed by atoms with Gasteiger partial charge in [0.1, 0.15) is 5.75 Å². The van der Waals surface area contributed by atoms with Gasteiger partial charge in [0.2, 0.25) is 10.0 Å². The molecular formula is C23H35Cl2N3O3S. The van der Waals surface area contributed by atoms with Crippen LogP contribution in [0.25, 0.3) is 0 Å². The third kappa shape index (κ3) is 6.51. The summed E-state index contributed by atoms with van der Waals surface area (Å²) in [5, 5.41) is 6.83. The molecule has 2 aromatic carbocycles. The number of benzene rings is 2. The molecule has 0 radical (unpaired) electrons. The first-order chi connectivity index (χ1) is 14.3. The van der Waals surface area contributed by atoms with Gasteiger partial charge in [-0.25, -0.2) is 8.42 Å². The maximum Gasteiger partial charge on any atom is 0.237 e. The Bertz CT molecular complexity index is 943. The summed E-state index contributed by atoms with van der Waals surface area (Å²) in [6, 6.07) is 16.6. The molecule has 6 nitrogen and oxygen atoms in total. The average molecular weight is 505 g/mol. The molecule has 2 aromatic rings. The summed E-state index contributed by atoms with van der Waals surface area (Å²) < 4.78 is 32.0. The van der Waals surface area contributed by atoms with Crippen molar-refractivity contribution in [3.05, 3.63) is 59.7 Å². The Hall–Kier alpha value is -1.51. The fourth-order valence-corrected chi connectivity index (χ4v) is 4.96. The van der Waals surface area contributed by atoms with E-state index < -0.39 is 15.3 Å². The molecule has 3 rings (SSSR count). The van der Waals surface area contributed by atoms with Crippen molar-refractivity contribution in [2.75, 3.05) is 25.0 Å². The fraction of sp³-hybridized carbons (Fsp3) is 0.478. The lowest BCUT2D eigenvalue weighted by atomic mass is 9.92. The molecule has 2 N–H and O–H groups in total. The first-order valence-electron chi connectivity index (χ1n) is 10.5. The van der Waals surface area contributed by atoms with Gasteiger partial charge in [-0.3, -0.25) is 4.31 Å². The van der Waals surface area contributed by atoms with Crippen LogP contribution in [0.1, 0.15) is 43.9 Å². The number of halogens is 2. The molecule has 1 heterocycles. The van der Waals surface area contributed by atoms with Gasteiger partial charge in [-0.15, -0.1) is 24.8 Å². The minimum absolute atomic E-state index is 0. The number of hydrogen-bond acceptors (Lipinski definition) is 5. The highest BCUT2D eigenvalue weighted by molar-refractivity contribution is 7.93. The molecule has 0 saturated carbocycles. The summed E-state index contributed by atoms with van der Waals surface area (Å²) in [7, 11) is -0.141. The van der Waals surface area contributed by atoms with E-state index in [9.17, 15) is 8.42 Å². The van der Waals surface area contributed by atoms with Crippen LogP contribution in [0.3, 0.4) is 0 Å². The topological polar surface area (TPSA) is 70.7 Å². The van der Waals surface area contributed by atoms with Crippen molar-refractivity contribution in [2.24, 2.45) is 0 Å². The molecule has 2 atom stereocenters.